The van der Waals surface area contributed by atoms with Gasteiger partial charge in [0.15, 0.2) is 0 Å². The SMILES string of the molecule is O=C(CC1CSCCN1)NC1(c2ccc(Br)cc2)CCOCC1. The number of halogens is 1. The van der Waals surface area contributed by atoms with E-state index in [9.17, 15) is 4.79 Å². The van der Waals surface area contributed by atoms with Crippen LogP contribution in [0.4, 0.5) is 0 Å². The minimum Gasteiger partial charge on any atom is -0.381 e. The van der Waals surface area contributed by atoms with Crippen LogP contribution < -0.4 is 10.6 Å². The molecule has 4 nitrogen and oxygen atoms in total. The molecular weight excluding hydrogens is 376 g/mol. The van der Waals surface area contributed by atoms with E-state index in [1.54, 1.807) is 0 Å². The van der Waals surface area contributed by atoms with Gasteiger partial charge >= 0.3 is 0 Å². The molecule has 0 saturated carbocycles. The van der Waals surface area contributed by atoms with E-state index in [0.717, 1.165) is 35.4 Å². The van der Waals surface area contributed by atoms with Crippen LogP contribution in [0.25, 0.3) is 0 Å². The maximum atomic E-state index is 12.6. The van der Waals surface area contributed by atoms with Crippen LogP contribution in [0, 0.1) is 0 Å². The van der Waals surface area contributed by atoms with Gasteiger partial charge in [0.1, 0.15) is 0 Å². The highest BCUT2D eigenvalue weighted by molar-refractivity contribution is 9.10. The average molecular weight is 399 g/mol. The summed E-state index contributed by atoms with van der Waals surface area (Å²) in [4.78, 5) is 12.6. The minimum atomic E-state index is -0.294. The Morgan fingerprint density at radius 1 is 1.35 bits per heavy atom. The maximum Gasteiger partial charge on any atom is 0.222 e. The predicted octanol–water partition coefficient (Wildman–Crippen LogP) is 2.67. The summed E-state index contributed by atoms with van der Waals surface area (Å²) < 4.78 is 6.58. The molecule has 2 aliphatic heterocycles. The van der Waals surface area contributed by atoms with Gasteiger partial charge in [-0.1, -0.05) is 28.1 Å². The van der Waals surface area contributed by atoms with E-state index in [0.29, 0.717) is 19.6 Å². The molecule has 3 rings (SSSR count). The number of hydrogen-bond acceptors (Lipinski definition) is 4. The molecule has 0 aromatic heterocycles. The molecule has 0 bridgehead atoms. The third kappa shape index (κ3) is 4.50. The topological polar surface area (TPSA) is 50.4 Å². The zero-order valence-corrected chi connectivity index (χ0v) is 15.5. The standard InChI is InChI=1S/C17H23BrN2O2S/c18-14-3-1-13(2-4-14)17(5-8-22-9-6-17)20-16(21)11-15-12-23-10-7-19-15/h1-4,15,19H,5-12H2,(H,20,21). The first-order chi connectivity index (χ1) is 11.2. The summed E-state index contributed by atoms with van der Waals surface area (Å²) in [5, 5.41) is 6.77. The number of carbonyl (C=O) groups excluding carboxylic acids is 1. The number of benzene rings is 1. The van der Waals surface area contributed by atoms with Gasteiger partial charge in [0, 0.05) is 48.2 Å². The summed E-state index contributed by atoms with van der Waals surface area (Å²) in [6, 6.07) is 8.57. The van der Waals surface area contributed by atoms with Gasteiger partial charge in [0.2, 0.25) is 5.91 Å². The highest BCUT2D eigenvalue weighted by atomic mass is 79.9. The van der Waals surface area contributed by atoms with Crippen molar-refractivity contribution < 1.29 is 9.53 Å². The fourth-order valence-corrected chi connectivity index (χ4v) is 4.48. The summed E-state index contributed by atoms with van der Waals surface area (Å²) in [5.41, 5.74) is 0.876. The van der Waals surface area contributed by atoms with Crippen molar-refractivity contribution in [1.82, 2.24) is 10.6 Å². The fraction of sp³-hybridized carbons (Fsp3) is 0.588. The lowest BCUT2D eigenvalue weighted by atomic mass is 9.82. The maximum absolute atomic E-state index is 12.6. The molecule has 1 aromatic carbocycles. The molecule has 0 radical (unpaired) electrons. The van der Waals surface area contributed by atoms with E-state index in [1.165, 1.54) is 5.56 Å². The third-order valence-corrected chi connectivity index (χ3v) is 6.21. The smallest absolute Gasteiger partial charge is 0.222 e. The molecule has 1 atom stereocenters. The molecule has 126 valence electrons. The normalized spacial score (nSPS) is 24.1. The Morgan fingerprint density at radius 2 is 2.09 bits per heavy atom. The molecule has 2 heterocycles. The van der Waals surface area contributed by atoms with Gasteiger partial charge in [-0.15, -0.1) is 0 Å². The lowest BCUT2D eigenvalue weighted by molar-refractivity contribution is -0.125. The Balaban J connectivity index is 1.70. The van der Waals surface area contributed by atoms with Crippen molar-refractivity contribution in [1.29, 1.82) is 0 Å². The zero-order valence-electron chi connectivity index (χ0n) is 13.1. The number of thioether (sulfide) groups is 1. The Hall–Kier alpha value is -0.560. The Bertz CT molecular complexity index is 526. The van der Waals surface area contributed by atoms with Crippen molar-refractivity contribution in [2.75, 3.05) is 31.3 Å². The second kappa shape index (κ2) is 8.01. The molecular formula is C17H23BrN2O2S. The first-order valence-electron chi connectivity index (χ1n) is 8.14. The predicted molar refractivity (Wildman–Crippen MR) is 97.7 cm³/mol. The Morgan fingerprint density at radius 3 is 2.74 bits per heavy atom. The summed E-state index contributed by atoms with van der Waals surface area (Å²) in [5.74, 6) is 2.29. The second-order valence-corrected chi connectivity index (χ2v) is 8.25. The fourth-order valence-electron chi connectivity index (χ4n) is 3.27. The molecule has 2 N–H and O–H groups in total. The number of rotatable bonds is 4. The van der Waals surface area contributed by atoms with Crippen LogP contribution in [0.3, 0.4) is 0 Å². The molecule has 23 heavy (non-hydrogen) atoms. The highest BCUT2D eigenvalue weighted by Gasteiger charge is 2.36. The van der Waals surface area contributed by atoms with E-state index in [2.05, 4.69) is 38.7 Å². The van der Waals surface area contributed by atoms with E-state index < -0.39 is 0 Å². The van der Waals surface area contributed by atoms with Crippen LogP contribution in [0.1, 0.15) is 24.8 Å². The van der Waals surface area contributed by atoms with Gasteiger partial charge in [0.25, 0.3) is 0 Å². The van der Waals surface area contributed by atoms with Gasteiger partial charge < -0.3 is 15.4 Å². The lowest BCUT2D eigenvalue weighted by Crippen LogP contribution is -2.51. The van der Waals surface area contributed by atoms with Gasteiger partial charge in [-0.2, -0.15) is 11.8 Å². The lowest BCUT2D eigenvalue weighted by Gasteiger charge is -2.39. The van der Waals surface area contributed by atoms with Crippen LogP contribution in [0.5, 0.6) is 0 Å². The molecule has 6 heteroatoms. The number of nitrogens with one attached hydrogen (secondary N) is 2. The molecule has 0 aliphatic carbocycles. The molecule has 2 saturated heterocycles. The Kier molecular flexibility index (Phi) is 6.01. The van der Waals surface area contributed by atoms with Crippen LogP contribution >= 0.6 is 27.7 Å². The van der Waals surface area contributed by atoms with Crippen LogP contribution in [0.15, 0.2) is 28.7 Å². The quantitative estimate of drug-likeness (QED) is 0.818. The first kappa shape index (κ1) is 17.3. The van der Waals surface area contributed by atoms with E-state index in [4.69, 9.17) is 4.74 Å². The van der Waals surface area contributed by atoms with Crippen molar-refractivity contribution in [3.05, 3.63) is 34.3 Å². The number of amides is 1. The van der Waals surface area contributed by atoms with Crippen molar-refractivity contribution in [2.45, 2.75) is 30.8 Å². The molecule has 2 aliphatic rings. The largest absolute Gasteiger partial charge is 0.381 e. The van der Waals surface area contributed by atoms with Gasteiger partial charge in [-0.25, -0.2) is 0 Å². The average Bonchev–Trinajstić information content (AvgIpc) is 2.57. The first-order valence-corrected chi connectivity index (χ1v) is 10.1. The molecule has 1 aromatic rings. The van der Waals surface area contributed by atoms with E-state index in [-0.39, 0.29) is 17.5 Å². The van der Waals surface area contributed by atoms with E-state index in [1.807, 2.05) is 23.9 Å². The molecule has 2 fully saturated rings. The van der Waals surface area contributed by atoms with Crippen molar-refractivity contribution in [3.63, 3.8) is 0 Å². The number of ether oxygens (including phenoxy) is 1. The third-order valence-electron chi connectivity index (χ3n) is 4.55. The highest BCUT2D eigenvalue weighted by Crippen LogP contribution is 2.33. The van der Waals surface area contributed by atoms with Crippen LogP contribution in [0.2, 0.25) is 0 Å². The summed E-state index contributed by atoms with van der Waals surface area (Å²) in [6.45, 7) is 2.37. The molecule has 0 spiro atoms. The zero-order chi connectivity index (χ0) is 16.1. The van der Waals surface area contributed by atoms with Gasteiger partial charge in [0.05, 0.1) is 5.54 Å². The molecule has 1 unspecified atom stereocenters. The second-order valence-electron chi connectivity index (χ2n) is 6.18. The van der Waals surface area contributed by atoms with Crippen molar-refractivity contribution >= 4 is 33.6 Å². The summed E-state index contributed by atoms with van der Waals surface area (Å²) in [7, 11) is 0. The molecule has 1 amide bonds. The van der Waals surface area contributed by atoms with Crippen molar-refractivity contribution in [3.8, 4) is 0 Å². The van der Waals surface area contributed by atoms with Crippen LogP contribution in [-0.4, -0.2) is 43.2 Å². The summed E-state index contributed by atoms with van der Waals surface area (Å²) >= 11 is 5.40. The minimum absolute atomic E-state index is 0.134. The van der Waals surface area contributed by atoms with E-state index >= 15 is 0 Å². The number of carbonyl (C=O) groups is 1. The number of hydrogen-bond donors (Lipinski definition) is 2. The van der Waals surface area contributed by atoms with Crippen LogP contribution in [-0.2, 0) is 15.1 Å². The monoisotopic (exact) mass is 398 g/mol. The summed E-state index contributed by atoms with van der Waals surface area (Å²) in [6.07, 6.45) is 2.20. The van der Waals surface area contributed by atoms with Crippen molar-refractivity contribution in [2.24, 2.45) is 0 Å². The van der Waals surface area contributed by atoms with Gasteiger partial charge in [-0.3, -0.25) is 4.79 Å². The van der Waals surface area contributed by atoms with Gasteiger partial charge in [-0.05, 0) is 30.5 Å². The Labute approximate surface area is 150 Å².